The lowest BCUT2D eigenvalue weighted by atomic mass is 10.1. The molecule has 0 aliphatic carbocycles. The van der Waals surface area contributed by atoms with Crippen LogP contribution < -0.4 is 5.32 Å². The molecule has 4 heterocycles. The minimum absolute atomic E-state index is 0.715. The second-order valence-corrected chi connectivity index (χ2v) is 7.13. The Bertz CT molecular complexity index is 1350. The predicted octanol–water partition coefficient (Wildman–Crippen LogP) is 5.11. The van der Waals surface area contributed by atoms with Gasteiger partial charge in [-0.1, -0.05) is 43.0 Å². The van der Waals surface area contributed by atoms with E-state index in [1.54, 1.807) is 10.9 Å². The van der Waals surface area contributed by atoms with Crippen LogP contribution in [-0.4, -0.2) is 24.7 Å². The number of rotatable bonds is 5. The molecule has 0 aliphatic heterocycles. The van der Waals surface area contributed by atoms with Gasteiger partial charge in [0.05, 0.1) is 29.0 Å². The van der Waals surface area contributed by atoms with Crippen molar-refractivity contribution in [1.82, 2.24) is 24.7 Å². The summed E-state index contributed by atoms with van der Waals surface area (Å²) in [5.41, 5.74) is 7.20. The second-order valence-electron chi connectivity index (χ2n) is 7.13. The van der Waals surface area contributed by atoms with Gasteiger partial charge in [0, 0.05) is 36.1 Å². The number of aryl methyl sites for hydroxylation is 1. The van der Waals surface area contributed by atoms with Crippen LogP contribution >= 0.6 is 0 Å². The number of aromatic amines is 1. The lowest BCUT2D eigenvalue weighted by molar-refractivity contribution is 0.768. The van der Waals surface area contributed by atoms with Gasteiger partial charge in [0.15, 0.2) is 0 Å². The van der Waals surface area contributed by atoms with Crippen molar-refractivity contribution in [2.45, 2.75) is 0 Å². The Labute approximate surface area is 173 Å². The van der Waals surface area contributed by atoms with Crippen LogP contribution in [0.2, 0.25) is 0 Å². The molecule has 0 atom stereocenters. The third-order valence-corrected chi connectivity index (χ3v) is 4.91. The topological polar surface area (TPSA) is 71.4 Å². The van der Waals surface area contributed by atoms with E-state index in [2.05, 4.69) is 51.2 Å². The molecule has 4 aromatic heterocycles. The van der Waals surface area contributed by atoms with Crippen LogP contribution in [0, 0.1) is 0 Å². The Morgan fingerprint density at radius 3 is 2.67 bits per heavy atom. The standard InChI is InChI=1S/C24H20N6/c1-16(27-20-14-26-30(2)15-20)21-9-6-10-22(28-21)19-11-18-12-23(29-24(18)25-13-19)17-7-4-3-5-8-17/h3-15,27H,1H2,2H3,(H,25,29). The van der Waals surface area contributed by atoms with Gasteiger partial charge in [-0.25, -0.2) is 9.97 Å². The molecule has 0 saturated carbocycles. The van der Waals surface area contributed by atoms with Gasteiger partial charge in [-0.05, 0) is 29.8 Å². The van der Waals surface area contributed by atoms with E-state index in [9.17, 15) is 0 Å². The first-order valence-corrected chi connectivity index (χ1v) is 9.62. The number of aromatic nitrogens is 5. The monoisotopic (exact) mass is 392 g/mol. The third-order valence-electron chi connectivity index (χ3n) is 4.91. The van der Waals surface area contributed by atoms with Crippen LogP contribution in [0.3, 0.4) is 0 Å². The molecule has 0 radical (unpaired) electrons. The zero-order chi connectivity index (χ0) is 20.5. The summed E-state index contributed by atoms with van der Waals surface area (Å²) in [6.45, 7) is 4.12. The Hall–Kier alpha value is -4.19. The van der Waals surface area contributed by atoms with Crippen molar-refractivity contribution >= 4 is 22.4 Å². The molecular formula is C24H20N6. The molecular weight excluding hydrogens is 372 g/mol. The number of H-pyrrole nitrogens is 1. The highest BCUT2D eigenvalue weighted by molar-refractivity contribution is 5.86. The lowest BCUT2D eigenvalue weighted by Gasteiger charge is -2.09. The van der Waals surface area contributed by atoms with Crippen LogP contribution in [0.25, 0.3) is 39.2 Å². The van der Waals surface area contributed by atoms with Crippen LogP contribution in [0.5, 0.6) is 0 Å². The maximum Gasteiger partial charge on any atom is 0.137 e. The van der Waals surface area contributed by atoms with Crippen LogP contribution in [-0.2, 0) is 7.05 Å². The summed E-state index contributed by atoms with van der Waals surface area (Å²) in [6, 6.07) is 20.3. The van der Waals surface area contributed by atoms with E-state index in [4.69, 9.17) is 4.98 Å². The smallest absolute Gasteiger partial charge is 0.137 e. The number of nitrogens with zero attached hydrogens (tertiary/aromatic N) is 4. The molecule has 0 saturated heterocycles. The van der Waals surface area contributed by atoms with Gasteiger partial charge in [-0.2, -0.15) is 5.10 Å². The highest BCUT2D eigenvalue weighted by Crippen LogP contribution is 2.27. The number of benzene rings is 1. The minimum Gasteiger partial charge on any atom is -0.352 e. The summed E-state index contributed by atoms with van der Waals surface area (Å²) in [6.07, 6.45) is 5.49. The molecule has 0 aliphatic rings. The quantitative estimate of drug-likeness (QED) is 0.436. The fourth-order valence-electron chi connectivity index (χ4n) is 3.42. The van der Waals surface area contributed by atoms with Gasteiger partial charge in [0.1, 0.15) is 5.65 Å². The fourth-order valence-corrected chi connectivity index (χ4v) is 3.42. The lowest BCUT2D eigenvalue weighted by Crippen LogP contribution is -2.00. The number of anilines is 1. The van der Waals surface area contributed by atoms with Gasteiger partial charge < -0.3 is 10.3 Å². The van der Waals surface area contributed by atoms with Crippen LogP contribution in [0.1, 0.15) is 5.69 Å². The minimum atomic E-state index is 0.715. The zero-order valence-corrected chi connectivity index (χ0v) is 16.5. The maximum absolute atomic E-state index is 4.78. The molecule has 1 aromatic carbocycles. The largest absolute Gasteiger partial charge is 0.352 e. The first-order valence-electron chi connectivity index (χ1n) is 9.62. The van der Waals surface area contributed by atoms with Gasteiger partial charge in [0.2, 0.25) is 0 Å². The molecule has 6 nitrogen and oxygen atoms in total. The van der Waals surface area contributed by atoms with Crippen molar-refractivity contribution in [3.05, 3.63) is 91.5 Å². The molecule has 30 heavy (non-hydrogen) atoms. The molecule has 2 N–H and O–H groups in total. The molecule has 0 unspecified atom stereocenters. The average Bonchev–Trinajstić information content (AvgIpc) is 3.39. The van der Waals surface area contributed by atoms with Crippen molar-refractivity contribution in [3.8, 4) is 22.5 Å². The van der Waals surface area contributed by atoms with Crippen LogP contribution in [0.15, 0.2) is 85.8 Å². The molecule has 0 spiro atoms. The van der Waals surface area contributed by atoms with Gasteiger partial charge >= 0.3 is 0 Å². The molecule has 0 bridgehead atoms. The summed E-state index contributed by atoms with van der Waals surface area (Å²) in [4.78, 5) is 12.8. The van der Waals surface area contributed by atoms with Crippen molar-refractivity contribution in [2.24, 2.45) is 7.05 Å². The van der Waals surface area contributed by atoms with Crippen molar-refractivity contribution in [3.63, 3.8) is 0 Å². The van der Waals surface area contributed by atoms with E-state index in [0.717, 1.165) is 44.9 Å². The van der Waals surface area contributed by atoms with Crippen molar-refractivity contribution in [1.29, 1.82) is 0 Å². The Kier molecular flexibility index (Phi) is 4.37. The first-order chi connectivity index (χ1) is 14.7. The molecule has 0 fully saturated rings. The molecule has 5 aromatic rings. The van der Waals surface area contributed by atoms with E-state index >= 15 is 0 Å². The van der Waals surface area contributed by atoms with Crippen molar-refractivity contribution < 1.29 is 0 Å². The molecule has 5 rings (SSSR count). The number of fused-ring (bicyclic) bond motifs is 1. The normalized spacial score (nSPS) is 11.0. The zero-order valence-electron chi connectivity index (χ0n) is 16.5. The van der Waals surface area contributed by atoms with E-state index in [1.807, 2.05) is 55.8 Å². The predicted molar refractivity (Wildman–Crippen MR) is 121 cm³/mol. The Morgan fingerprint density at radius 1 is 1.00 bits per heavy atom. The van der Waals surface area contributed by atoms with Crippen molar-refractivity contribution in [2.75, 3.05) is 5.32 Å². The van der Waals surface area contributed by atoms with E-state index in [0.29, 0.717) is 5.70 Å². The van der Waals surface area contributed by atoms with E-state index in [1.165, 1.54) is 0 Å². The first kappa shape index (κ1) is 17.9. The Morgan fingerprint density at radius 2 is 1.87 bits per heavy atom. The summed E-state index contributed by atoms with van der Waals surface area (Å²) in [7, 11) is 1.88. The highest BCUT2D eigenvalue weighted by atomic mass is 15.3. The van der Waals surface area contributed by atoms with Crippen LogP contribution in [0.4, 0.5) is 5.69 Å². The van der Waals surface area contributed by atoms with Gasteiger partial charge in [0.25, 0.3) is 0 Å². The molecule has 146 valence electrons. The second kappa shape index (κ2) is 7.33. The number of pyridine rings is 2. The Balaban J connectivity index is 1.45. The van der Waals surface area contributed by atoms with E-state index in [-0.39, 0.29) is 0 Å². The third kappa shape index (κ3) is 3.46. The maximum atomic E-state index is 4.78. The molecule has 0 amide bonds. The number of nitrogens with one attached hydrogen (secondary N) is 2. The van der Waals surface area contributed by atoms with Gasteiger partial charge in [-0.15, -0.1) is 0 Å². The van der Waals surface area contributed by atoms with E-state index < -0.39 is 0 Å². The summed E-state index contributed by atoms with van der Waals surface area (Å²) in [5, 5.41) is 8.46. The summed E-state index contributed by atoms with van der Waals surface area (Å²) < 4.78 is 1.74. The molecule has 6 heteroatoms. The summed E-state index contributed by atoms with van der Waals surface area (Å²) in [5.74, 6) is 0. The van der Waals surface area contributed by atoms with Gasteiger partial charge in [-0.3, -0.25) is 4.68 Å². The fraction of sp³-hybridized carbons (Fsp3) is 0.0417. The summed E-state index contributed by atoms with van der Waals surface area (Å²) >= 11 is 0. The highest BCUT2D eigenvalue weighted by Gasteiger charge is 2.09. The average molecular weight is 392 g/mol. The SMILES string of the molecule is C=C(Nc1cnn(C)c1)c1cccc(-c2cnc3[nH]c(-c4ccccc4)cc3c2)n1. The number of hydrogen-bond donors (Lipinski definition) is 2. The number of hydrogen-bond acceptors (Lipinski definition) is 4.